The van der Waals surface area contributed by atoms with Crippen molar-refractivity contribution in [2.24, 2.45) is 0 Å². The van der Waals surface area contributed by atoms with Gasteiger partial charge in [-0.05, 0) is 39.7 Å². The van der Waals surface area contributed by atoms with Gasteiger partial charge in [0.25, 0.3) is 5.91 Å². The molecule has 156 valence electrons. The first kappa shape index (κ1) is 24.0. The molecule has 0 saturated heterocycles. The van der Waals surface area contributed by atoms with Crippen molar-refractivity contribution in [1.82, 2.24) is 5.06 Å². The molecule has 1 rings (SSSR count). The molecule has 0 N–H and O–H groups in total. The second-order valence-corrected chi connectivity index (χ2v) is 7.47. The number of ketones is 2. The van der Waals surface area contributed by atoms with E-state index in [0.717, 1.165) is 24.3 Å². The van der Waals surface area contributed by atoms with Gasteiger partial charge in [-0.25, -0.2) is 5.06 Å². The normalized spacial score (nSPS) is 15.6. The van der Waals surface area contributed by atoms with Crippen LogP contribution in [0.1, 0.15) is 79.1 Å². The number of unbranched alkanes of at least 4 members (excludes halogenated alkanes) is 6. The molecule has 5 nitrogen and oxygen atoms in total. The topological polar surface area (TPSA) is 63.7 Å². The van der Waals surface area contributed by atoms with Crippen molar-refractivity contribution in [2.45, 2.75) is 79.1 Å². The molecule has 0 fully saturated rings. The van der Waals surface area contributed by atoms with Crippen LogP contribution in [0.2, 0.25) is 0 Å². The average molecular weight is 390 g/mol. The molecule has 28 heavy (non-hydrogen) atoms. The van der Waals surface area contributed by atoms with Crippen LogP contribution in [-0.2, 0) is 19.2 Å². The summed E-state index contributed by atoms with van der Waals surface area (Å²) in [6.07, 6.45) is 10.1. The number of amides is 1. The number of rotatable bonds is 11. The maximum atomic E-state index is 12.7. The second-order valence-electron chi connectivity index (χ2n) is 7.47. The van der Waals surface area contributed by atoms with Crippen molar-refractivity contribution in [2.75, 3.05) is 14.2 Å². The Hall–Kier alpha value is -2.01. The van der Waals surface area contributed by atoms with Crippen LogP contribution in [0.4, 0.5) is 0 Å². The molecule has 0 atom stereocenters. The molecule has 0 aromatic rings. The third-order valence-corrected chi connectivity index (χ3v) is 5.44. The van der Waals surface area contributed by atoms with Crippen LogP contribution in [0.3, 0.4) is 0 Å². The van der Waals surface area contributed by atoms with E-state index in [1.807, 2.05) is 0 Å². The van der Waals surface area contributed by atoms with Gasteiger partial charge in [-0.1, -0.05) is 45.4 Å². The molecular weight excluding hydrogens is 354 g/mol. The third-order valence-electron chi connectivity index (χ3n) is 5.44. The van der Waals surface area contributed by atoms with Gasteiger partial charge in [0.05, 0.1) is 7.11 Å². The van der Waals surface area contributed by atoms with E-state index in [9.17, 15) is 14.4 Å². The van der Waals surface area contributed by atoms with Crippen LogP contribution in [0.5, 0.6) is 0 Å². The molecule has 1 amide bonds. The summed E-state index contributed by atoms with van der Waals surface area (Å²) in [6, 6.07) is 0. The summed E-state index contributed by atoms with van der Waals surface area (Å²) >= 11 is 0. The van der Waals surface area contributed by atoms with Gasteiger partial charge in [-0.2, -0.15) is 0 Å². The van der Waals surface area contributed by atoms with E-state index >= 15 is 0 Å². The van der Waals surface area contributed by atoms with Gasteiger partial charge in [0.2, 0.25) is 0 Å². The van der Waals surface area contributed by atoms with E-state index in [1.165, 1.54) is 32.8 Å². The summed E-state index contributed by atoms with van der Waals surface area (Å²) < 4.78 is 0. The maximum absolute atomic E-state index is 12.7. The number of hydroxylamine groups is 2. The zero-order chi connectivity index (χ0) is 21.3. The molecule has 0 aromatic carbocycles. The highest BCUT2D eigenvalue weighted by atomic mass is 16.7. The standard InChI is InChI=1S/C23H35NO4/c1-7-8-9-10-11-12-13-14-19(23(27)24(5)28-6)15-20-18(4)21(25)16(2)17(3)22(20)26/h15H,7-14H2,1-6H3. The minimum absolute atomic E-state index is 0.133. The predicted octanol–water partition coefficient (Wildman–Crippen LogP) is 4.88. The molecule has 0 spiro atoms. The van der Waals surface area contributed by atoms with E-state index in [4.69, 9.17) is 4.84 Å². The largest absolute Gasteiger partial charge is 0.289 e. The molecule has 0 aromatic heterocycles. The monoisotopic (exact) mass is 389 g/mol. The predicted molar refractivity (Wildman–Crippen MR) is 112 cm³/mol. The number of allylic oxidation sites excluding steroid dienone is 5. The fraction of sp³-hybridized carbons (Fsp3) is 0.609. The highest BCUT2D eigenvalue weighted by molar-refractivity contribution is 6.26. The molecule has 0 saturated carbocycles. The lowest BCUT2D eigenvalue weighted by Gasteiger charge is -2.19. The van der Waals surface area contributed by atoms with Crippen molar-refractivity contribution < 1.29 is 19.2 Å². The molecule has 5 heteroatoms. The van der Waals surface area contributed by atoms with Crippen LogP contribution in [0.25, 0.3) is 0 Å². The highest BCUT2D eigenvalue weighted by Gasteiger charge is 2.28. The number of hydrogen-bond acceptors (Lipinski definition) is 4. The minimum atomic E-state index is -0.280. The summed E-state index contributed by atoms with van der Waals surface area (Å²) in [6.45, 7) is 7.18. The van der Waals surface area contributed by atoms with Crippen molar-refractivity contribution in [3.63, 3.8) is 0 Å². The Balaban J connectivity index is 2.97. The molecule has 0 aliphatic heterocycles. The van der Waals surface area contributed by atoms with Gasteiger partial charge in [0, 0.05) is 34.9 Å². The van der Waals surface area contributed by atoms with Crippen LogP contribution in [0.15, 0.2) is 33.9 Å². The Kier molecular flexibility index (Phi) is 10.1. The Morgan fingerprint density at radius 3 is 2.00 bits per heavy atom. The number of likely N-dealkylation sites (N-methyl/N-ethyl adjacent to an activating group) is 1. The summed E-state index contributed by atoms with van der Waals surface area (Å²) in [5, 5.41) is 1.16. The lowest BCUT2D eigenvalue weighted by molar-refractivity contribution is -0.164. The van der Waals surface area contributed by atoms with Crippen LogP contribution < -0.4 is 0 Å². The number of nitrogens with zero attached hydrogens (tertiary/aromatic N) is 1. The minimum Gasteiger partial charge on any atom is -0.289 e. The third kappa shape index (κ3) is 6.26. The molecule has 1 aliphatic carbocycles. The number of carbonyl (C=O) groups is 3. The Bertz CT molecular complexity index is 697. The molecule has 0 bridgehead atoms. The maximum Gasteiger partial charge on any atom is 0.273 e. The van der Waals surface area contributed by atoms with E-state index in [-0.39, 0.29) is 17.5 Å². The Morgan fingerprint density at radius 1 is 0.893 bits per heavy atom. The first-order valence-electron chi connectivity index (χ1n) is 10.3. The summed E-state index contributed by atoms with van der Waals surface area (Å²) in [5.41, 5.74) is 2.15. The van der Waals surface area contributed by atoms with Gasteiger partial charge in [0.1, 0.15) is 0 Å². The molecule has 0 heterocycles. The average Bonchev–Trinajstić information content (AvgIpc) is 2.70. The smallest absolute Gasteiger partial charge is 0.273 e. The molecule has 0 unspecified atom stereocenters. The second kappa shape index (κ2) is 11.7. The van der Waals surface area contributed by atoms with Gasteiger partial charge in [-0.15, -0.1) is 0 Å². The number of carbonyl (C=O) groups excluding carboxylic acids is 3. The zero-order valence-electron chi connectivity index (χ0n) is 18.3. The fourth-order valence-electron chi connectivity index (χ4n) is 3.26. The summed E-state index contributed by atoms with van der Waals surface area (Å²) in [5.74, 6) is -0.594. The van der Waals surface area contributed by atoms with E-state index in [2.05, 4.69) is 6.92 Å². The number of Topliss-reactive ketones (excluding diaryl/α,β-unsaturated/α-hetero) is 2. The van der Waals surface area contributed by atoms with Crippen molar-refractivity contribution in [1.29, 1.82) is 0 Å². The van der Waals surface area contributed by atoms with Gasteiger partial charge < -0.3 is 0 Å². The number of hydrogen-bond donors (Lipinski definition) is 0. The van der Waals surface area contributed by atoms with Crippen LogP contribution >= 0.6 is 0 Å². The SMILES string of the molecule is CCCCCCCCCC(=CC1=C(C)C(=O)C(C)=C(C)C1=O)C(=O)N(C)OC. The van der Waals surface area contributed by atoms with Gasteiger partial charge >= 0.3 is 0 Å². The van der Waals surface area contributed by atoms with Crippen LogP contribution in [0, 0.1) is 0 Å². The zero-order valence-corrected chi connectivity index (χ0v) is 18.3. The first-order chi connectivity index (χ1) is 13.3. The summed E-state index contributed by atoms with van der Waals surface area (Å²) in [4.78, 5) is 42.8. The fourth-order valence-corrected chi connectivity index (χ4v) is 3.26. The molecular formula is C23H35NO4. The molecule has 1 aliphatic rings. The van der Waals surface area contributed by atoms with Gasteiger partial charge in [0.15, 0.2) is 11.6 Å². The van der Waals surface area contributed by atoms with E-state index in [0.29, 0.717) is 34.3 Å². The quantitative estimate of drug-likeness (QED) is 0.219. The van der Waals surface area contributed by atoms with Crippen molar-refractivity contribution in [3.05, 3.63) is 33.9 Å². The lowest BCUT2D eigenvalue weighted by Crippen LogP contribution is -2.28. The Labute approximate surface area is 169 Å². The van der Waals surface area contributed by atoms with E-state index in [1.54, 1.807) is 33.9 Å². The van der Waals surface area contributed by atoms with Crippen molar-refractivity contribution >= 4 is 17.5 Å². The lowest BCUT2D eigenvalue weighted by atomic mass is 9.84. The van der Waals surface area contributed by atoms with E-state index < -0.39 is 0 Å². The van der Waals surface area contributed by atoms with Crippen LogP contribution in [-0.4, -0.2) is 36.7 Å². The van der Waals surface area contributed by atoms with Crippen molar-refractivity contribution in [3.8, 4) is 0 Å². The Morgan fingerprint density at radius 2 is 1.43 bits per heavy atom. The van der Waals surface area contributed by atoms with Gasteiger partial charge in [-0.3, -0.25) is 19.2 Å². The first-order valence-corrected chi connectivity index (χ1v) is 10.3. The summed E-state index contributed by atoms with van der Waals surface area (Å²) in [7, 11) is 2.98. The highest BCUT2D eigenvalue weighted by Crippen LogP contribution is 2.27. The molecule has 0 radical (unpaired) electrons.